The average molecular weight is 556 g/mol. The molecule has 1 unspecified atom stereocenters. The number of nitrogens with zero attached hydrogens (tertiary/aromatic N) is 6. The molecular formula is C29H29N7O5. The molecule has 2 aliphatic rings. The van der Waals surface area contributed by atoms with Gasteiger partial charge in [0.2, 0.25) is 11.9 Å². The molecule has 0 radical (unpaired) electrons. The molecule has 6 rings (SSSR count). The maximum atomic E-state index is 13.7. The lowest BCUT2D eigenvalue weighted by atomic mass is 10.1. The summed E-state index contributed by atoms with van der Waals surface area (Å²) in [4.78, 5) is 44.3. The van der Waals surface area contributed by atoms with E-state index in [1.165, 1.54) is 0 Å². The number of amides is 2. The van der Waals surface area contributed by atoms with Gasteiger partial charge >= 0.3 is 0 Å². The van der Waals surface area contributed by atoms with Crippen LogP contribution in [0.15, 0.2) is 71.4 Å². The molecule has 4 aromatic rings. The Hall–Kier alpha value is -5.13. The molecule has 0 bridgehead atoms. The van der Waals surface area contributed by atoms with Crippen LogP contribution in [-0.2, 0) is 4.79 Å². The highest BCUT2D eigenvalue weighted by Crippen LogP contribution is 2.27. The maximum Gasteiger partial charge on any atom is 0.254 e. The normalized spacial score (nSPS) is 16.4. The van der Waals surface area contributed by atoms with Gasteiger partial charge in [-0.05, 0) is 42.8 Å². The van der Waals surface area contributed by atoms with Crippen LogP contribution in [0.2, 0.25) is 0 Å². The fourth-order valence-corrected chi connectivity index (χ4v) is 4.90. The lowest BCUT2D eigenvalue weighted by molar-refractivity contribution is -0.125. The van der Waals surface area contributed by atoms with Crippen LogP contribution in [0, 0.1) is 6.92 Å². The van der Waals surface area contributed by atoms with Gasteiger partial charge in [-0.3, -0.25) is 14.2 Å². The van der Waals surface area contributed by atoms with Crippen LogP contribution in [0.4, 0.5) is 5.82 Å². The summed E-state index contributed by atoms with van der Waals surface area (Å²) >= 11 is 0. The number of fused-ring (bicyclic) bond motifs is 1. The fraction of sp³-hybridized carbons (Fsp3) is 0.276. The van der Waals surface area contributed by atoms with Gasteiger partial charge in [-0.2, -0.15) is 4.98 Å². The minimum atomic E-state index is -0.769. The maximum absolute atomic E-state index is 13.7. The monoisotopic (exact) mass is 555 g/mol. The van der Waals surface area contributed by atoms with Crippen LogP contribution in [0.25, 0.3) is 12.0 Å². The van der Waals surface area contributed by atoms with E-state index >= 15 is 0 Å². The number of benzene rings is 1. The van der Waals surface area contributed by atoms with Crippen LogP contribution in [0.1, 0.15) is 21.8 Å². The lowest BCUT2D eigenvalue weighted by Gasteiger charge is -2.41. The second-order valence-corrected chi connectivity index (χ2v) is 9.78. The number of carbonyl (C=O) groups is 2. The third kappa shape index (κ3) is 5.49. The number of carbonyl (C=O) groups excluding carboxylic acids is 2. The molecule has 0 spiro atoms. The summed E-state index contributed by atoms with van der Waals surface area (Å²) in [5.41, 5.74) is 2.11. The molecule has 3 aromatic heterocycles. The van der Waals surface area contributed by atoms with E-state index in [-0.39, 0.29) is 24.9 Å². The summed E-state index contributed by atoms with van der Waals surface area (Å²) in [5, 5.41) is 3.00. The number of aryl methyl sites for hydroxylation is 1. The number of nitrogens with one attached hydrogen (secondary N) is 1. The summed E-state index contributed by atoms with van der Waals surface area (Å²) in [6, 6.07) is 9.75. The van der Waals surface area contributed by atoms with Crippen molar-refractivity contribution in [1.82, 2.24) is 29.7 Å². The topological polar surface area (TPSA) is 128 Å². The molecule has 0 aliphatic carbocycles. The Labute approximate surface area is 236 Å². The molecule has 1 saturated heterocycles. The first-order valence-corrected chi connectivity index (χ1v) is 13.2. The first kappa shape index (κ1) is 26.1. The van der Waals surface area contributed by atoms with Gasteiger partial charge in [-0.25, -0.2) is 9.97 Å². The third-order valence-corrected chi connectivity index (χ3v) is 7.06. The number of anilines is 1. The van der Waals surface area contributed by atoms with Gasteiger partial charge in [0, 0.05) is 62.0 Å². The van der Waals surface area contributed by atoms with E-state index in [2.05, 4.69) is 15.3 Å². The quantitative estimate of drug-likeness (QED) is 0.366. The molecule has 12 nitrogen and oxygen atoms in total. The van der Waals surface area contributed by atoms with Crippen molar-refractivity contribution in [3.8, 4) is 17.4 Å². The molecule has 2 amide bonds. The number of hydrogen-bond acceptors (Lipinski definition) is 9. The molecule has 1 aromatic carbocycles. The molecule has 0 saturated carbocycles. The van der Waals surface area contributed by atoms with Gasteiger partial charge in [0.15, 0.2) is 11.5 Å². The second-order valence-electron chi connectivity index (χ2n) is 9.78. The molecular weight excluding hydrogens is 526 g/mol. The number of ether oxygens (including phenoxy) is 2. The predicted molar refractivity (Wildman–Crippen MR) is 149 cm³/mol. The number of imidazole rings is 1. The molecule has 5 heterocycles. The van der Waals surface area contributed by atoms with Gasteiger partial charge in [-0.1, -0.05) is 0 Å². The number of piperazine rings is 1. The summed E-state index contributed by atoms with van der Waals surface area (Å²) in [5.74, 6) is 2.59. The van der Waals surface area contributed by atoms with Crippen LogP contribution in [-0.4, -0.2) is 82.2 Å². The smallest absolute Gasteiger partial charge is 0.254 e. The number of methoxy groups -OCH3 is 1. The highest BCUT2D eigenvalue weighted by atomic mass is 16.5. The largest absolute Gasteiger partial charge is 0.497 e. The third-order valence-electron chi connectivity index (χ3n) is 7.06. The van der Waals surface area contributed by atoms with Gasteiger partial charge in [0.05, 0.1) is 13.4 Å². The average Bonchev–Trinajstić information content (AvgIpc) is 3.71. The van der Waals surface area contributed by atoms with Crippen molar-refractivity contribution in [3.05, 3.63) is 84.0 Å². The predicted octanol–water partition coefficient (Wildman–Crippen LogP) is 2.50. The number of rotatable bonds is 7. The first-order chi connectivity index (χ1) is 20.0. The van der Waals surface area contributed by atoms with Crippen molar-refractivity contribution < 1.29 is 23.5 Å². The van der Waals surface area contributed by atoms with E-state index < -0.39 is 6.04 Å². The Kier molecular flexibility index (Phi) is 7.11. The van der Waals surface area contributed by atoms with Gasteiger partial charge < -0.3 is 29.0 Å². The molecule has 1 N–H and O–H groups in total. The summed E-state index contributed by atoms with van der Waals surface area (Å²) in [7, 11) is 1.57. The molecule has 41 heavy (non-hydrogen) atoms. The van der Waals surface area contributed by atoms with Crippen LogP contribution in [0.3, 0.4) is 0 Å². The van der Waals surface area contributed by atoms with Crippen LogP contribution < -0.4 is 19.7 Å². The fourth-order valence-electron chi connectivity index (χ4n) is 4.90. The van der Waals surface area contributed by atoms with Gasteiger partial charge in [-0.15, -0.1) is 0 Å². The minimum absolute atomic E-state index is 0.231. The van der Waals surface area contributed by atoms with E-state index in [4.69, 9.17) is 18.9 Å². The molecule has 1 atom stereocenters. The van der Waals surface area contributed by atoms with E-state index in [0.29, 0.717) is 54.3 Å². The minimum Gasteiger partial charge on any atom is -0.497 e. The number of aromatic nitrogens is 4. The van der Waals surface area contributed by atoms with E-state index in [0.717, 1.165) is 11.3 Å². The van der Waals surface area contributed by atoms with E-state index in [1.54, 1.807) is 71.9 Å². The summed E-state index contributed by atoms with van der Waals surface area (Å²) < 4.78 is 18.1. The Morgan fingerprint density at radius 1 is 1.15 bits per heavy atom. The zero-order chi connectivity index (χ0) is 28.3. The first-order valence-electron chi connectivity index (χ1n) is 13.2. The van der Waals surface area contributed by atoms with Crippen molar-refractivity contribution in [3.63, 3.8) is 0 Å². The van der Waals surface area contributed by atoms with Crippen molar-refractivity contribution >= 4 is 23.7 Å². The second kappa shape index (κ2) is 11.2. The van der Waals surface area contributed by atoms with Crippen LogP contribution >= 0.6 is 0 Å². The van der Waals surface area contributed by atoms with Crippen molar-refractivity contribution in [2.24, 2.45) is 0 Å². The standard InChI is InChI=1S/C29H29N7O5/c1-19-13-26(33-29(32-19)35-9-8-30-18-35)34-10-11-36(28(38)21-3-5-22(39-2)6-4-21)23(16-34)27(37)31-15-20-14-25-24(41-17-20)7-12-40-25/h3-9,12-14,18,23H,10-11,15-17H2,1-2H3,(H,31,37). The summed E-state index contributed by atoms with van der Waals surface area (Å²) in [6.45, 7) is 3.57. The Morgan fingerprint density at radius 3 is 2.78 bits per heavy atom. The zero-order valence-corrected chi connectivity index (χ0v) is 22.7. The van der Waals surface area contributed by atoms with Crippen molar-refractivity contribution in [2.45, 2.75) is 13.0 Å². The number of hydrogen-bond donors (Lipinski definition) is 1. The number of furan rings is 1. The van der Waals surface area contributed by atoms with Crippen molar-refractivity contribution in [2.75, 3.05) is 44.8 Å². The zero-order valence-electron chi connectivity index (χ0n) is 22.7. The van der Waals surface area contributed by atoms with Crippen LogP contribution in [0.5, 0.6) is 11.5 Å². The van der Waals surface area contributed by atoms with Gasteiger partial charge in [0.1, 0.15) is 30.5 Å². The highest BCUT2D eigenvalue weighted by Gasteiger charge is 2.36. The molecule has 12 heteroatoms. The van der Waals surface area contributed by atoms with Gasteiger partial charge in [0.25, 0.3) is 5.91 Å². The highest BCUT2D eigenvalue weighted by molar-refractivity contribution is 5.98. The Morgan fingerprint density at radius 2 is 2.00 bits per heavy atom. The van der Waals surface area contributed by atoms with E-state index in [9.17, 15) is 9.59 Å². The SMILES string of the molecule is COc1ccc(C(=O)N2CCN(c3cc(C)nc(-n4ccnc4)n3)CC2C(=O)NCC2=Cc3occc3OC2)cc1. The lowest BCUT2D eigenvalue weighted by Crippen LogP contribution is -2.61. The van der Waals surface area contributed by atoms with E-state index in [1.807, 2.05) is 24.0 Å². The molecule has 210 valence electrons. The molecule has 1 fully saturated rings. The summed E-state index contributed by atoms with van der Waals surface area (Å²) in [6.07, 6.45) is 8.50. The Balaban J connectivity index is 1.25. The Bertz CT molecular complexity index is 1580. The van der Waals surface area contributed by atoms with Crippen molar-refractivity contribution in [1.29, 1.82) is 0 Å². The molecule has 2 aliphatic heterocycles.